The maximum Gasteiger partial charge on any atom is 0.327 e. The van der Waals surface area contributed by atoms with Crippen molar-refractivity contribution >= 4 is 5.97 Å². The van der Waals surface area contributed by atoms with Crippen LogP contribution in [0.5, 0.6) is 11.5 Å². The fourth-order valence-corrected chi connectivity index (χ4v) is 1.21. The molecule has 1 unspecified atom stereocenters. The van der Waals surface area contributed by atoms with Gasteiger partial charge in [0.15, 0.2) is 11.5 Å². The van der Waals surface area contributed by atoms with Crippen LogP contribution >= 0.6 is 0 Å². The number of ether oxygens (including phenoxy) is 2. The van der Waals surface area contributed by atoms with Gasteiger partial charge in [-0.25, -0.2) is 0 Å². The van der Waals surface area contributed by atoms with Crippen LogP contribution in [0.4, 0.5) is 0 Å². The molecular formula is C10H13NO4. The maximum atomic E-state index is 11.2. The van der Waals surface area contributed by atoms with Crippen molar-refractivity contribution in [3.05, 3.63) is 23.8 Å². The van der Waals surface area contributed by atoms with E-state index in [1.165, 1.54) is 14.2 Å². The van der Waals surface area contributed by atoms with E-state index in [-0.39, 0.29) is 17.1 Å². The molecule has 0 amide bonds. The Morgan fingerprint density at radius 1 is 1.47 bits per heavy atom. The predicted octanol–water partition coefficient (Wildman–Crippen LogP) is 0.574. The summed E-state index contributed by atoms with van der Waals surface area (Å²) in [4.78, 5) is 11.2. The number of hydrogen-bond donors (Lipinski definition) is 2. The zero-order valence-electron chi connectivity index (χ0n) is 8.56. The van der Waals surface area contributed by atoms with Gasteiger partial charge in [0.25, 0.3) is 0 Å². The molecule has 0 fully saturated rings. The smallest absolute Gasteiger partial charge is 0.327 e. The monoisotopic (exact) mass is 211 g/mol. The van der Waals surface area contributed by atoms with Crippen LogP contribution in [0.25, 0.3) is 0 Å². The molecule has 0 aliphatic heterocycles. The van der Waals surface area contributed by atoms with Crippen LogP contribution in [-0.4, -0.2) is 25.3 Å². The number of benzene rings is 1. The van der Waals surface area contributed by atoms with Crippen LogP contribution in [0.2, 0.25) is 0 Å². The average molecular weight is 211 g/mol. The van der Waals surface area contributed by atoms with E-state index < -0.39 is 12.0 Å². The number of carbonyl (C=O) groups is 1. The molecule has 0 aliphatic rings. The third-order valence-electron chi connectivity index (χ3n) is 2.04. The standard InChI is InChI=1S/C10H13NO4/c1-14-7-5-3-4-6(9(7)12)8(11)10(13)15-2/h3-5,8,12H,11H2,1-2H3. The average Bonchev–Trinajstić information content (AvgIpc) is 2.27. The highest BCUT2D eigenvalue weighted by molar-refractivity contribution is 5.78. The second kappa shape index (κ2) is 4.65. The quantitative estimate of drug-likeness (QED) is 0.714. The molecule has 5 heteroatoms. The van der Waals surface area contributed by atoms with Gasteiger partial charge in [-0.1, -0.05) is 12.1 Å². The minimum atomic E-state index is -1.01. The van der Waals surface area contributed by atoms with Crippen molar-refractivity contribution in [1.29, 1.82) is 0 Å². The minimum Gasteiger partial charge on any atom is -0.504 e. The molecule has 0 radical (unpaired) electrons. The van der Waals surface area contributed by atoms with Gasteiger partial charge in [-0.15, -0.1) is 0 Å². The van der Waals surface area contributed by atoms with E-state index in [1.54, 1.807) is 18.2 Å². The lowest BCUT2D eigenvalue weighted by molar-refractivity contribution is -0.142. The van der Waals surface area contributed by atoms with Crippen molar-refractivity contribution in [3.8, 4) is 11.5 Å². The van der Waals surface area contributed by atoms with E-state index >= 15 is 0 Å². The lowest BCUT2D eigenvalue weighted by atomic mass is 10.1. The Morgan fingerprint density at radius 2 is 2.13 bits per heavy atom. The van der Waals surface area contributed by atoms with Crippen molar-refractivity contribution in [2.24, 2.45) is 5.73 Å². The van der Waals surface area contributed by atoms with Gasteiger partial charge < -0.3 is 20.3 Å². The van der Waals surface area contributed by atoms with Gasteiger partial charge >= 0.3 is 5.97 Å². The summed E-state index contributed by atoms with van der Waals surface area (Å²) in [6.45, 7) is 0. The van der Waals surface area contributed by atoms with Crippen LogP contribution in [0.3, 0.4) is 0 Å². The summed E-state index contributed by atoms with van der Waals surface area (Å²) in [5.74, 6) is -0.483. The molecule has 1 atom stereocenters. The Labute approximate surface area is 87.4 Å². The number of esters is 1. The number of carbonyl (C=O) groups excluding carboxylic acids is 1. The van der Waals surface area contributed by atoms with E-state index in [2.05, 4.69) is 4.74 Å². The van der Waals surface area contributed by atoms with E-state index in [9.17, 15) is 9.90 Å². The second-order valence-corrected chi connectivity index (χ2v) is 2.90. The number of phenolic OH excluding ortho intramolecular Hbond substituents is 1. The van der Waals surface area contributed by atoms with Crippen LogP contribution in [0, 0.1) is 0 Å². The zero-order chi connectivity index (χ0) is 11.4. The Hall–Kier alpha value is -1.75. The molecule has 0 aliphatic carbocycles. The highest BCUT2D eigenvalue weighted by atomic mass is 16.5. The zero-order valence-corrected chi connectivity index (χ0v) is 8.56. The Balaban J connectivity index is 3.09. The molecule has 82 valence electrons. The largest absolute Gasteiger partial charge is 0.504 e. The van der Waals surface area contributed by atoms with E-state index in [4.69, 9.17) is 10.5 Å². The molecule has 0 saturated heterocycles. The summed E-state index contributed by atoms with van der Waals surface area (Å²) in [7, 11) is 2.65. The first-order chi connectivity index (χ1) is 7.11. The van der Waals surface area contributed by atoms with Gasteiger partial charge in [0, 0.05) is 5.56 Å². The molecule has 0 aromatic heterocycles. The molecule has 0 saturated carbocycles. The highest BCUT2D eigenvalue weighted by Gasteiger charge is 2.21. The third kappa shape index (κ3) is 2.19. The van der Waals surface area contributed by atoms with Crippen LogP contribution in [-0.2, 0) is 9.53 Å². The number of aromatic hydroxyl groups is 1. The molecule has 1 rings (SSSR count). The Bertz CT molecular complexity index is 364. The predicted molar refractivity (Wildman–Crippen MR) is 53.6 cm³/mol. The lowest BCUT2D eigenvalue weighted by Gasteiger charge is -2.13. The highest BCUT2D eigenvalue weighted by Crippen LogP contribution is 2.32. The van der Waals surface area contributed by atoms with Gasteiger partial charge in [-0.05, 0) is 6.07 Å². The van der Waals surface area contributed by atoms with E-state index in [0.717, 1.165) is 0 Å². The van der Waals surface area contributed by atoms with E-state index in [1.807, 2.05) is 0 Å². The van der Waals surface area contributed by atoms with Gasteiger partial charge in [0.2, 0.25) is 0 Å². The van der Waals surface area contributed by atoms with E-state index in [0.29, 0.717) is 0 Å². The van der Waals surface area contributed by atoms with Crippen molar-refractivity contribution in [2.75, 3.05) is 14.2 Å². The lowest BCUT2D eigenvalue weighted by Crippen LogP contribution is -2.22. The number of hydrogen-bond acceptors (Lipinski definition) is 5. The number of methoxy groups -OCH3 is 2. The second-order valence-electron chi connectivity index (χ2n) is 2.90. The van der Waals surface area contributed by atoms with Crippen molar-refractivity contribution in [2.45, 2.75) is 6.04 Å². The molecule has 1 aromatic carbocycles. The van der Waals surface area contributed by atoms with Gasteiger partial charge in [-0.3, -0.25) is 4.79 Å². The SMILES string of the molecule is COC(=O)C(N)c1cccc(OC)c1O. The maximum absolute atomic E-state index is 11.2. The third-order valence-corrected chi connectivity index (χ3v) is 2.04. The van der Waals surface area contributed by atoms with Gasteiger partial charge in [-0.2, -0.15) is 0 Å². The van der Waals surface area contributed by atoms with Crippen LogP contribution in [0.15, 0.2) is 18.2 Å². The van der Waals surface area contributed by atoms with Crippen LogP contribution < -0.4 is 10.5 Å². The van der Waals surface area contributed by atoms with Gasteiger partial charge in [0.05, 0.1) is 14.2 Å². The number of phenols is 1. The van der Waals surface area contributed by atoms with Crippen LogP contribution in [0.1, 0.15) is 11.6 Å². The first kappa shape index (κ1) is 11.3. The first-order valence-corrected chi connectivity index (χ1v) is 4.31. The topological polar surface area (TPSA) is 81.8 Å². The summed E-state index contributed by atoms with van der Waals surface area (Å²) in [6, 6.07) is 3.74. The molecule has 0 heterocycles. The summed E-state index contributed by atoms with van der Waals surface area (Å²) >= 11 is 0. The Kier molecular flexibility index (Phi) is 3.51. The molecular weight excluding hydrogens is 198 g/mol. The summed E-state index contributed by atoms with van der Waals surface area (Å²) in [5.41, 5.74) is 5.86. The minimum absolute atomic E-state index is 0.141. The number of para-hydroxylation sites is 1. The molecule has 1 aromatic rings. The molecule has 0 bridgehead atoms. The summed E-state index contributed by atoms with van der Waals surface area (Å²) in [5, 5.41) is 9.69. The number of nitrogens with two attached hydrogens (primary N) is 1. The van der Waals surface area contributed by atoms with Gasteiger partial charge in [0.1, 0.15) is 6.04 Å². The molecule has 5 nitrogen and oxygen atoms in total. The summed E-state index contributed by atoms with van der Waals surface area (Å²) in [6.07, 6.45) is 0. The molecule has 15 heavy (non-hydrogen) atoms. The molecule has 0 spiro atoms. The fraction of sp³-hybridized carbons (Fsp3) is 0.300. The normalized spacial score (nSPS) is 11.9. The first-order valence-electron chi connectivity index (χ1n) is 4.31. The van der Waals surface area contributed by atoms with Crippen molar-refractivity contribution in [3.63, 3.8) is 0 Å². The molecule has 3 N–H and O–H groups in total. The fourth-order valence-electron chi connectivity index (χ4n) is 1.21. The summed E-state index contributed by atoms with van der Waals surface area (Å²) < 4.78 is 9.37. The number of rotatable bonds is 3. The van der Waals surface area contributed by atoms with Crippen molar-refractivity contribution < 1.29 is 19.4 Å². The van der Waals surface area contributed by atoms with Crippen molar-refractivity contribution in [1.82, 2.24) is 0 Å². The Morgan fingerprint density at radius 3 is 2.67 bits per heavy atom.